The van der Waals surface area contributed by atoms with Gasteiger partial charge in [-0.2, -0.15) is 0 Å². The van der Waals surface area contributed by atoms with Gasteiger partial charge in [0.25, 0.3) is 0 Å². The van der Waals surface area contributed by atoms with Crippen LogP contribution in [-0.2, 0) is 23.7 Å². The van der Waals surface area contributed by atoms with Gasteiger partial charge in [0.1, 0.15) is 30.5 Å². The first-order valence-electron chi connectivity index (χ1n) is 28.0. The van der Waals surface area contributed by atoms with E-state index in [9.17, 15) is 25.2 Å². The van der Waals surface area contributed by atoms with Crippen LogP contribution >= 0.6 is 0 Å². The summed E-state index contributed by atoms with van der Waals surface area (Å²) in [5, 5.41) is 40.3. The predicted molar refractivity (Wildman–Crippen MR) is 284 cm³/mol. The fraction of sp³-hybridized carbons (Fsp3) is 0.780. The minimum atomic E-state index is -1.54. The summed E-state index contributed by atoms with van der Waals surface area (Å²) in [6.07, 6.45) is 59.4. The second-order valence-corrected chi connectivity index (χ2v) is 19.0. The van der Waals surface area contributed by atoms with Gasteiger partial charge in [-0.25, -0.2) is 0 Å². The number of ether oxygens (including phenoxy) is 4. The minimum absolute atomic E-state index is 0.119. The van der Waals surface area contributed by atoms with E-state index in [1.165, 1.54) is 128 Å². The third kappa shape index (κ3) is 39.4. The number of rotatable bonds is 48. The maximum absolute atomic E-state index is 12.9. The number of carbonyl (C=O) groups excluding carboxylic acids is 1. The van der Waals surface area contributed by atoms with Crippen molar-refractivity contribution in [3.05, 3.63) is 72.9 Å². The van der Waals surface area contributed by atoms with Gasteiger partial charge in [0.2, 0.25) is 0 Å². The molecule has 68 heavy (non-hydrogen) atoms. The third-order valence-corrected chi connectivity index (χ3v) is 12.6. The third-order valence-electron chi connectivity index (χ3n) is 12.6. The molecule has 0 amide bonds. The van der Waals surface area contributed by atoms with Gasteiger partial charge in [-0.15, -0.1) is 0 Å². The van der Waals surface area contributed by atoms with E-state index in [1.54, 1.807) is 0 Å². The number of hydrogen-bond donors (Lipinski definition) is 4. The number of aliphatic hydroxyl groups excluding tert-OH is 4. The number of allylic oxidation sites excluding steroid dienone is 12. The quantitative estimate of drug-likeness (QED) is 0.0267. The maximum Gasteiger partial charge on any atom is 0.306 e. The molecule has 0 aromatic rings. The predicted octanol–water partition coefficient (Wildman–Crippen LogP) is 14.4. The van der Waals surface area contributed by atoms with Crippen LogP contribution in [0.3, 0.4) is 0 Å². The fourth-order valence-corrected chi connectivity index (χ4v) is 8.32. The zero-order valence-electron chi connectivity index (χ0n) is 43.6. The van der Waals surface area contributed by atoms with E-state index in [0.717, 1.165) is 83.5 Å². The molecule has 0 radical (unpaired) electrons. The first-order valence-corrected chi connectivity index (χ1v) is 28.0. The van der Waals surface area contributed by atoms with Gasteiger partial charge in [0, 0.05) is 13.0 Å². The summed E-state index contributed by atoms with van der Waals surface area (Å²) in [4.78, 5) is 12.9. The SMILES string of the molecule is CC/C=C\C/C=C\C/C=C\C/C=C\C/C=C\C/C=C\CCCCCCCCCOCC(COC1OC(CO)C(O)C(O)C1O)OC(=O)CCCCCCCCCCCCCCCCCCCCC. The van der Waals surface area contributed by atoms with E-state index in [1.807, 2.05) is 0 Å². The monoisotopic (exact) mass is 957 g/mol. The summed E-state index contributed by atoms with van der Waals surface area (Å²) in [6, 6.07) is 0. The number of esters is 1. The standard InChI is InChI=1S/C59H104O9/c1-3-5-7-9-11-13-15-17-19-21-23-24-25-26-27-28-29-31-33-35-37-39-41-43-45-47-49-65-51-53(52-66-59-58(64)57(63)56(62)54(50-60)68-59)67-55(61)48-46-44-42-40-38-36-34-32-30-22-20-18-16-14-12-10-8-6-4-2/h5,7,11,13,17,19,23-24,26-27,29,31,53-54,56-60,62-64H,3-4,6,8-10,12,14-16,18,20-22,25,28,30,32-52H2,1-2H3/b7-5-,13-11-,19-17-,24-23-,27-26-,31-29-. The van der Waals surface area contributed by atoms with Gasteiger partial charge in [-0.1, -0.05) is 234 Å². The molecule has 1 rings (SSSR count). The molecule has 1 saturated heterocycles. The largest absolute Gasteiger partial charge is 0.457 e. The Labute approximate surface area is 417 Å². The molecule has 394 valence electrons. The van der Waals surface area contributed by atoms with E-state index in [0.29, 0.717) is 13.0 Å². The Kier molecular flexibility index (Phi) is 46.4. The van der Waals surface area contributed by atoms with Crippen molar-refractivity contribution in [2.45, 2.75) is 269 Å². The first-order chi connectivity index (χ1) is 33.4. The van der Waals surface area contributed by atoms with Crippen LogP contribution in [0.25, 0.3) is 0 Å². The highest BCUT2D eigenvalue weighted by atomic mass is 16.7. The number of aliphatic hydroxyl groups is 4. The molecule has 9 nitrogen and oxygen atoms in total. The molecule has 0 bridgehead atoms. The zero-order chi connectivity index (χ0) is 49.2. The summed E-state index contributed by atoms with van der Waals surface area (Å²) >= 11 is 0. The molecule has 0 saturated carbocycles. The highest BCUT2D eigenvalue weighted by molar-refractivity contribution is 5.69. The Balaban J connectivity index is 2.18. The molecule has 0 aliphatic carbocycles. The lowest BCUT2D eigenvalue weighted by molar-refractivity contribution is -0.305. The van der Waals surface area contributed by atoms with Crippen LogP contribution in [0, 0.1) is 0 Å². The van der Waals surface area contributed by atoms with Gasteiger partial charge in [-0.3, -0.25) is 4.79 Å². The fourth-order valence-electron chi connectivity index (χ4n) is 8.32. The van der Waals surface area contributed by atoms with E-state index in [2.05, 4.69) is 86.8 Å². The molecule has 0 aromatic heterocycles. The number of hydrogen-bond acceptors (Lipinski definition) is 9. The summed E-state index contributed by atoms with van der Waals surface area (Å²) in [6.45, 7) is 4.44. The normalized spacial score (nSPS) is 19.6. The molecule has 1 fully saturated rings. The first kappa shape index (κ1) is 63.6. The molecule has 6 unspecified atom stereocenters. The van der Waals surface area contributed by atoms with Gasteiger partial charge in [0.05, 0.1) is 19.8 Å². The summed E-state index contributed by atoms with van der Waals surface area (Å²) in [5.41, 5.74) is 0. The van der Waals surface area contributed by atoms with Crippen LogP contribution in [0.4, 0.5) is 0 Å². The summed E-state index contributed by atoms with van der Waals surface area (Å²) in [5.74, 6) is -0.316. The van der Waals surface area contributed by atoms with Crippen molar-refractivity contribution < 1.29 is 44.2 Å². The van der Waals surface area contributed by atoms with Gasteiger partial charge in [-0.05, 0) is 64.2 Å². The van der Waals surface area contributed by atoms with Crippen molar-refractivity contribution in [1.29, 1.82) is 0 Å². The number of unbranched alkanes of at least 4 members (excludes halogenated alkanes) is 25. The highest BCUT2D eigenvalue weighted by Crippen LogP contribution is 2.23. The van der Waals surface area contributed by atoms with Crippen molar-refractivity contribution in [2.75, 3.05) is 26.4 Å². The Hall–Kier alpha value is -2.37. The molecule has 1 aliphatic rings. The Morgan fingerprint density at radius 1 is 0.485 bits per heavy atom. The van der Waals surface area contributed by atoms with Gasteiger partial charge in [0.15, 0.2) is 6.29 Å². The molecule has 0 spiro atoms. The van der Waals surface area contributed by atoms with Crippen LogP contribution in [0.2, 0.25) is 0 Å². The smallest absolute Gasteiger partial charge is 0.306 e. The lowest BCUT2D eigenvalue weighted by atomic mass is 9.99. The maximum atomic E-state index is 12.9. The summed E-state index contributed by atoms with van der Waals surface area (Å²) < 4.78 is 22.9. The zero-order valence-corrected chi connectivity index (χ0v) is 43.6. The summed E-state index contributed by atoms with van der Waals surface area (Å²) in [7, 11) is 0. The van der Waals surface area contributed by atoms with Crippen LogP contribution in [0.1, 0.15) is 232 Å². The molecule has 1 aliphatic heterocycles. The topological polar surface area (TPSA) is 135 Å². The van der Waals surface area contributed by atoms with E-state index in [-0.39, 0.29) is 19.2 Å². The molecular weight excluding hydrogens is 853 g/mol. The lowest BCUT2D eigenvalue weighted by Gasteiger charge is -2.39. The highest BCUT2D eigenvalue weighted by Gasteiger charge is 2.44. The average Bonchev–Trinajstić information content (AvgIpc) is 3.34. The van der Waals surface area contributed by atoms with Crippen molar-refractivity contribution >= 4 is 5.97 Å². The van der Waals surface area contributed by atoms with Crippen molar-refractivity contribution in [3.63, 3.8) is 0 Å². The molecule has 1 heterocycles. The Bertz CT molecular complexity index is 1270. The van der Waals surface area contributed by atoms with Crippen molar-refractivity contribution in [3.8, 4) is 0 Å². The lowest BCUT2D eigenvalue weighted by Crippen LogP contribution is -2.59. The van der Waals surface area contributed by atoms with Crippen LogP contribution < -0.4 is 0 Å². The number of carbonyl (C=O) groups is 1. The van der Waals surface area contributed by atoms with E-state index in [4.69, 9.17) is 18.9 Å². The minimum Gasteiger partial charge on any atom is -0.457 e. The average molecular weight is 957 g/mol. The van der Waals surface area contributed by atoms with Crippen LogP contribution in [0.5, 0.6) is 0 Å². The Morgan fingerprint density at radius 3 is 1.35 bits per heavy atom. The van der Waals surface area contributed by atoms with Crippen molar-refractivity contribution in [1.82, 2.24) is 0 Å². The van der Waals surface area contributed by atoms with Crippen LogP contribution in [0.15, 0.2) is 72.9 Å². The molecular formula is C59H104O9. The molecule has 4 N–H and O–H groups in total. The van der Waals surface area contributed by atoms with Crippen LogP contribution in [-0.4, -0.2) is 89.6 Å². The van der Waals surface area contributed by atoms with E-state index < -0.39 is 43.4 Å². The van der Waals surface area contributed by atoms with Crippen molar-refractivity contribution in [2.24, 2.45) is 0 Å². The molecule has 0 aromatic carbocycles. The second kappa shape index (κ2) is 49.6. The molecule has 9 heteroatoms. The van der Waals surface area contributed by atoms with E-state index >= 15 is 0 Å². The molecule has 6 atom stereocenters. The van der Waals surface area contributed by atoms with Gasteiger partial charge >= 0.3 is 5.97 Å². The Morgan fingerprint density at radius 2 is 0.897 bits per heavy atom. The van der Waals surface area contributed by atoms with Gasteiger partial charge < -0.3 is 39.4 Å². The second-order valence-electron chi connectivity index (χ2n) is 19.0.